The number of hydrogen-bond acceptors (Lipinski definition) is 0. The van der Waals surface area contributed by atoms with Crippen molar-refractivity contribution >= 4 is 23.2 Å². The Morgan fingerprint density at radius 2 is 1.46 bits per heavy atom. The summed E-state index contributed by atoms with van der Waals surface area (Å²) in [6.45, 7) is -2.67. The van der Waals surface area contributed by atoms with Crippen LogP contribution >= 0.6 is 23.2 Å². The van der Waals surface area contributed by atoms with Crippen LogP contribution in [0.15, 0.2) is 10.3 Å². The van der Waals surface area contributed by atoms with Gasteiger partial charge in [-0.15, -0.1) is 0 Å². The lowest BCUT2D eigenvalue weighted by atomic mass is 10.2. The minimum absolute atomic E-state index is 2.19. The van der Waals surface area contributed by atoms with Crippen LogP contribution in [0.2, 0.25) is 0 Å². The molecule has 0 saturated heterocycles. The Balaban J connectivity index is 5.09. The molecule has 78 valence electrons. The van der Waals surface area contributed by atoms with Gasteiger partial charge in [0.05, 0.1) is 0 Å². The van der Waals surface area contributed by atoms with Gasteiger partial charge in [0, 0.05) is 0 Å². The molecule has 13 heavy (non-hydrogen) atoms. The normalized spacial score (nSPS) is 15.7. The van der Waals surface area contributed by atoms with E-state index in [9.17, 15) is 26.3 Å². The summed E-state index contributed by atoms with van der Waals surface area (Å²) in [5.74, 6) is -10.2. The molecular weight excluding hydrogens is 245 g/mol. The van der Waals surface area contributed by atoms with Gasteiger partial charge < -0.3 is 0 Å². The minimum Gasteiger partial charge on any atom is -0.244 e. The summed E-state index contributed by atoms with van der Waals surface area (Å²) in [7, 11) is 0. The Hall–Kier alpha value is -0.100. The Kier molecular flexibility index (Phi) is 3.93. The largest absolute Gasteiger partial charge is 0.352 e. The Labute approximate surface area is 79.1 Å². The molecule has 0 aromatic carbocycles. The van der Waals surface area contributed by atoms with E-state index < -0.39 is 28.8 Å². The predicted molar refractivity (Wildman–Crippen MR) is 35.7 cm³/mol. The fourth-order valence-electron chi connectivity index (χ4n) is 0.363. The third-order valence-corrected chi connectivity index (χ3v) is 1.76. The maximum absolute atomic E-state index is 12.3. The molecule has 0 bridgehead atoms. The zero-order valence-corrected chi connectivity index (χ0v) is 7.24. The quantitative estimate of drug-likeness (QED) is 0.664. The van der Waals surface area contributed by atoms with Gasteiger partial charge in [0.25, 0.3) is 0 Å². The molecule has 0 amide bonds. The van der Waals surface area contributed by atoms with Crippen molar-refractivity contribution < 1.29 is 26.3 Å². The summed E-state index contributed by atoms with van der Waals surface area (Å²) in [4.78, 5) is 0. The molecular formula is C5H2Cl2F6. The summed E-state index contributed by atoms with van der Waals surface area (Å²) in [5.41, 5.74) is 0. The highest BCUT2D eigenvalue weighted by Gasteiger charge is 2.60. The first-order valence-electron chi connectivity index (χ1n) is 2.69. The molecule has 0 aromatic heterocycles. The van der Waals surface area contributed by atoms with Gasteiger partial charge >= 0.3 is 11.8 Å². The van der Waals surface area contributed by atoms with E-state index in [0.29, 0.717) is 0 Å². The number of hydrogen-bond donors (Lipinski definition) is 0. The molecule has 0 aliphatic carbocycles. The van der Waals surface area contributed by atoms with Crippen molar-refractivity contribution in [3.05, 3.63) is 10.3 Å². The van der Waals surface area contributed by atoms with E-state index in [1.54, 1.807) is 0 Å². The van der Waals surface area contributed by atoms with Crippen LogP contribution in [0.4, 0.5) is 26.3 Å². The van der Waals surface area contributed by atoms with E-state index >= 15 is 0 Å². The molecule has 0 saturated carbocycles. The van der Waals surface area contributed by atoms with Gasteiger partial charge in [0.15, 0.2) is 6.67 Å². The van der Waals surface area contributed by atoms with E-state index in [0.717, 1.165) is 0 Å². The van der Waals surface area contributed by atoms with Gasteiger partial charge in [-0.3, -0.25) is 0 Å². The molecule has 8 heteroatoms. The van der Waals surface area contributed by atoms with Crippen molar-refractivity contribution in [1.29, 1.82) is 0 Å². The van der Waals surface area contributed by atoms with Crippen LogP contribution in [-0.4, -0.2) is 18.5 Å². The molecule has 0 aliphatic rings. The molecule has 0 fully saturated rings. The van der Waals surface area contributed by atoms with Gasteiger partial charge in [0.1, 0.15) is 5.03 Å². The summed E-state index contributed by atoms with van der Waals surface area (Å²) in [6, 6.07) is 0. The molecule has 0 atom stereocenters. The first kappa shape index (κ1) is 12.9. The van der Waals surface area contributed by atoms with Crippen molar-refractivity contribution in [2.75, 3.05) is 6.67 Å². The van der Waals surface area contributed by atoms with Crippen LogP contribution < -0.4 is 0 Å². The first-order valence-corrected chi connectivity index (χ1v) is 3.45. The van der Waals surface area contributed by atoms with Crippen LogP contribution in [-0.2, 0) is 0 Å². The van der Waals surface area contributed by atoms with E-state index in [1.807, 2.05) is 0 Å². The number of rotatable bonds is 3. The maximum atomic E-state index is 12.3. The van der Waals surface area contributed by atoms with E-state index in [-0.39, 0.29) is 0 Å². The third kappa shape index (κ3) is 2.43. The average Bonchev–Trinajstić information content (AvgIpc) is 2.02. The highest BCUT2D eigenvalue weighted by molar-refractivity contribution is 6.38. The second-order valence-electron chi connectivity index (χ2n) is 1.99. The van der Waals surface area contributed by atoms with Crippen molar-refractivity contribution in [3.8, 4) is 0 Å². The molecule has 0 aromatic rings. The second-order valence-corrected chi connectivity index (χ2v) is 2.70. The molecule has 0 nitrogen and oxygen atoms in total. The average molecular weight is 247 g/mol. The van der Waals surface area contributed by atoms with Crippen molar-refractivity contribution in [1.82, 2.24) is 0 Å². The topological polar surface area (TPSA) is 0 Å². The molecule has 0 unspecified atom stereocenters. The van der Waals surface area contributed by atoms with Crippen LogP contribution in [0.3, 0.4) is 0 Å². The van der Waals surface area contributed by atoms with E-state index in [2.05, 4.69) is 23.2 Å². The molecule has 0 aliphatic heterocycles. The fourth-order valence-corrected chi connectivity index (χ4v) is 0.620. The van der Waals surface area contributed by atoms with Crippen LogP contribution in [0, 0.1) is 0 Å². The molecule has 0 spiro atoms. The third-order valence-electron chi connectivity index (χ3n) is 1.07. The summed E-state index contributed by atoms with van der Waals surface area (Å²) in [5, 5.41) is -4.41. The molecule has 0 heterocycles. The Morgan fingerprint density at radius 3 is 1.69 bits per heavy atom. The van der Waals surface area contributed by atoms with Gasteiger partial charge in [0.2, 0.25) is 5.29 Å². The standard InChI is InChI=1S/C5H2Cl2F6/c6-2(3(7)9)5(12,13)4(10,11)1-8/h1H2. The number of alkyl halides is 5. The monoisotopic (exact) mass is 246 g/mol. The minimum atomic E-state index is -5.14. The Bertz CT molecular complexity index is 219. The molecule has 0 N–H and O–H groups in total. The van der Waals surface area contributed by atoms with E-state index in [1.165, 1.54) is 0 Å². The second kappa shape index (κ2) is 3.96. The lowest BCUT2D eigenvalue weighted by molar-refractivity contribution is -0.190. The Morgan fingerprint density at radius 1 is 1.08 bits per heavy atom. The van der Waals surface area contributed by atoms with Gasteiger partial charge in [-0.1, -0.05) is 11.6 Å². The zero-order valence-electron chi connectivity index (χ0n) is 5.73. The summed E-state index contributed by atoms with van der Waals surface area (Å²) < 4.78 is 72.1. The van der Waals surface area contributed by atoms with Gasteiger partial charge in [-0.05, 0) is 11.6 Å². The first-order chi connectivity index (χ1) is 5.66. The lowest BCUT2D eigenvalue weighted by Gasteiger charge is -2.22. The van der Waals surface area contributed by atoms with Crippen molar-refractivity contribution in [2.24, 2.45) is 0 Å². The van der Waals surface area contributed by atoms with Crippen molar-refractivity contribution in [3.63, 3.8) is 0 Å². The fraction of sp³-hybridized carbons (Fsp3) is 0.600. The smallest absolute Gasteiger partial charge is 0.244 e. The summed E-state index contributed by atoms with van der Waals surface area (Å²) >= 11 is 8.77. The number of allylic oxidation sites excluding steroid dienone is 1. The highest BCUT2D eigenvalue weighted by Crippen LogP contribution is 2.44. The van der Waals surface area contributed by atoms with Gasteiger partial charge in [-0.2, -0.15) is 22.0 Å². The zero-order chi connectivity index (χ0) is 10.9. The van der Waals surface area contributed by atoms with Crippen LogP contribution in [0.5, 0.6) is 0 Å². The lowest BCUT2D eigenvalue weighted by Crippen LogP contribution is -2.42. The van der Waals surface area contributed by atoms with Gasteiger partial charge in [-0.25, -0.2) is 4.39 Å². The summed E-state index contributed by atoms with van der Waals surface area (Å²) in [6.07, 6.45) is 0. The highest BCUT2D eigenvalue weighted by atomic mass is 35.5. The maximum Gasteiger partial charge on any atom is 0.352 e. The van der Waals surface area contributed by atoms with E-state index in [4.69, 9.17) is 0 Å². The predicted octanol–water partition coefficient (Wildman–Crippen LogP) is 3.84. The van der Waals surface area contributed by atoms with Crippen LogP contribution in [0.25, 0.3) is 0 Å². The molecule has 0 radical (unpaired) electrons. The SMILES string of the molecule is FCC(F)(F)C(F)(F)C(Cl)=C(F)Cl. The van der Waals surface area contributed by atoms with Crippen molar-refractivity contribution in [2.45, 2.75) is 11.8 Å². The number of halogens is 8. The molecule has 0 rings (SSSR count). The van der Waals surface area contributed by atoms with Crippen LogP contribution in [0.1, 0.15) is 0 Å².